The molecule has 1 unspecified atom stereocenters. The first-order valence-corrected chi connectivity index (χ1v) is 7.95. The average Bonchev–Trinajstić information content (AvgIpc) is 2.88. The molecule has 1 aliphatic carbocycles. The fraction of sp³-hybridized carbons (Fsp3) is 0.600. The molecule has 1 fully saturated rings. The predicted octanol–water partition coefficient (Wildman–Crippen LogP) is 4.15. The van der Waals surface area contributed by atoms with Gasteiger partial charge in [0.1, 0.15) is 5.82 Å². The van der Waals surface area contributed by atoms with Crippen molar-refractivity contribution in [3.63, 3.8) is 0 Å². The molecule has 1 aromatic rings. The van der Waals surface area contributed by atoms with Crippen molar-refractivity contribution in [1.82, 2.24) is 5.32 Å². The van der Waals surface area contributed by atoms with E-state index >= 15 is 0 Å². The summed E-state index contributed by atoms with van der Waals surface area (Å²) < 4.78 is 13.8. The highest BCUT2D eigenvalue weighted by atomic mass is 32.2. The van der Waals surface area contributed by atoms with E-state index in [4.69, 9.17) is 0 Å². The van der Waals surface area contributed by atoms with Crippen LogP contribution in [-0.4, -0.2) is 17.5 Å². The standard InChI is InChI=1S/C15H22FNS/c1-2-17-15(11-18-12-7-3-4-8-12)13-9-5-6-10-14(13)16/h5-6,9-10,12,15,17H,2-4,7-8,11H2,1H3. The minimum atomic E-state index is -0.0875. The number of benzene rings is 1. The Morgan fingerprint density at radius 2 is 2.06 bits per heavy atom. The van der Waals surface area contributed by atoms with E-state index in [9.17, 15) is 4.39 Å². The van der Waals surface area contributed by atoms with Crippen LogP contribution in [0.25, 0.3) is 0 Å². The van der Waals surface area contributed by atoms with Gasteiger partial charge in [-0.05, 0) is 25.5 Å². The Balaban J connectivity index is 1.96. The minimum absolute atomic E-state index is 0.0875. The van der Waals surface area contributed by atoms with Crippen LogP contribution in [0.15, 0.2) is 24.3 Å². The quantitative estimate of drug-likeness (QED) is 0.831. The second-order valence-corrected chi connectivity index (χ2v) is 6.20. The highest BCUT2D eigenvalue weighted by Crippen LogP contribution is 2.32. The SMILES string of the molecule is CCNC(CSC1CCCC1)c1ccccc1F. The molecule has 1 N–H and O–H groups in total. The van der Waals surface area contributed by atoms with Crippen LogP contribution in [0.3, 0.4) is 0 Å². The molecule has 0 amide bonds. The van der Waals surface area contributed by atoms with Crippen LogP contribution in [0, 0.1) is 5.82 Å². The van der Waals surface area contributed by atoms with Gasteiger partial charge in [0.2, 0.25) is 0 Å². The zero-order chi connectivity index (χ0) is 12.8. The number of hydrogen-bond acceptors (Lipinski definition) is 2. The fourth-order valence-corrected chi connectivity index (χ4v) is 3.98. The lowest BCUT2D eigenvalue weighted by molar-refractivity contribution is 0.545. The molecule has 0 spiro atoms. The van der Waals surface area contributed by atoms with Crippen LogP contribution in [0.2, 0.25) is 0 Å². The number of rotatable bonds is 6. The third-order valence-electron chi connectivity index (χ3n) is 3.53. The van der Waals surface area contributed by atoms with Crippen LogP contribution in [-0.2, 0) is 0 Å². The molecule has 1 nitrogen and oxygen atoms in total. The highest BCUT2D eigenvalue weighted by Gasteiger charge is 2.19. The van der Waals surface area contributed by atoms with Gasteiger partial charge >= 0.3 is 0 Å². The smallest absolute Gasteiger partial charge is 0.128 e. The van der Waals surface area contributed by atoms with Crippen molar-refractivity contribution in [2.75, 3.05) is 12.3 Å². The monoisotopic (exact) mass is 267 g/mol. The van der Waals surface area contributed by atoms with Gasteiger partial charge in [0.15, 0.2) is 0 Å². The van der Waals surface area contributed by atoms with E-state index in [1.165, 1.54) is 25.7 Å². The van der Waals surface area contributed by atoms with Gasteiger partial charge < -0.3 is 5.32 Å². The molecule has 1 atom stereocenters. The summed E-state index contributed by atoms with van der Waals surface area (Å²) in [6.45, 7) is 2.96. The largest absolute Gasteiger partial charge is 0.309 e. The Labute approximate surface area is 114 Å². The molecule has 0 aliphatic heterocycles. The molecule has 1 saturated carbocycles. The molecule has 1 aromatic carbocycles. The van der Waals surface area contributed by atoms with Crippen molar-refractivity contribution in [2.45, 2.75) is 43.9 Å². The van der Waals surface area contributed by atoms with Crippen molar-refractivity contribution in [2.24, 2.45) is 0 Å². The fourth-order valence-electron chi connectivity index (χ4n) is 2.55. The first-order valence-electron chi connectivity index (χ1n) is 6.90. The van der Waals surface area contributed by atoms with Gasteiger partial charge in [-0.1, -0.05) is 38.0 Å². The lowest BCUT2D eigenvalue weighted by Crippen LogP contribution is -2.24. The van der Waals surface area contributed by atoms with Crippen molar-refractivity contribution in [1.29, 1.82) is 0 Å². The molecule has 100 valence electrons. The summed E-state index contributed by atoms with van der Waals surface area (Å²) in [5, 5.41) is 4.19. The van der Waals surface area contributed by atoms with E-state index in [0.717, 1.165) is 23.1 Å². The zero-order valence-corrected chi connectivity index (χ0v) is 11.8. The summed E-state index contributed by atoms with van der Waals surface area (Å²) in [7, 11) is 0. The Hall–Kier alpha value is -0.540. The van der Waals surface area contributed by atoms with Crippen LogP contribution >= 0.6 is 11.8 Å². The molecule has 18 heavy (non-hydrogen) atoms. The molecule has 0 bridgehead atoms. The zero-order valence-electron chi connectivity index (χ0n) is 11.0. The molecule has 3 heteroatoms. The molecule has 0 saturated heterocycles. The second kappa shape index (κ2) is 7.15. The molecular weight excluding hydrogens is 245 g/mol. The van der Waals surface area contributed by atoms with E-state index in [0.29, 0.717) is 0 Å². The normalized spacial score (nSPS) is 18.1. The topological polar surface area (TPSA) is 12.0 Å². The van der Waals surface area contributed by atoms with Gasteiger partial charge in [0, 0.05) is 22.6 Å². The van der Waals surface area contributed by atoms with Crippen molar-refractivity contribution < 1.29 is 4.39 Å². The van der Waals surface area contributed by atoms with Gasteiger partial charge in [0.25, 0.3) is 0 Å². The summed E-state index contributed by atoms with van der Waals surface area (Å²) in [4.78, 5) is 0. The van der Waals surface area contributed by atoms with Gasteiger partial charge in [0.05, 0.1) is 0 Å². The van der Waals surface area contributed by atoms with E-state index in [1.807, 2.05) is 23.9 Å². The number of nitrogens with one attached hydrogen (secondary N) is 1. The summed E-state index contributed by atoms with van der Waals surface area (Å²) in [5.41, 5.74) is 0.810. The third-order valence-corrected chi connectivity index (χ3v) is 5.00. The minimum Gasteiger partial charge on any atom is -0.309 e. The Bertz CT molecular complexity index is 363. The van der Waals surface area contributed by atoms with Crippen LogP contribution in [0.1, 0.15) is 44.2 Å². The summed E-state index contributed by atoms with van der Waals surface area (Å²) in [5.74, 6) is 0.884. The molecule has 0 radical (unpaired) electrons. The summed E-state index contributed by atoms with van der Waals surface area (Å²) in [6.07, 6.45) is 5.40. The number of thioether (sulfide) groups is 1. The Morgan fingerprint density at radius 1 is 1.33 bits per heavy atom. The summed E-state index contributed by atoms with van der Waals surface area (Å²) in [6, 6.07) is 7.27. The van der Waals surface area contributed by atoms with E-state index in [1.54, 1.807) is 12.1 Å². The maximum atomic E-state index is 13.8. The lowest BCUT2D eigenvalue weighted by Gasteiger charge is -2.20. The van der Waals surface area contributed by atoms with Crippen LogP contribution < -0.4 is 5.32 Å². The lowest BCUT2D eigenvalue weighted by atomic mass is 10.1. The summed E-state index contributed by atoms with van der Waals surface area (Å²) >= 11 is 2.01. The predicted molar refractivity (Wildman–Crippen MR) is 77.5 cm³/mol. The molecule has 2 rings (SSSR count). The average molecular weight is 267 g/mol. The van der Waals surface area contributed by atoms with Gasteiger partial charge in [-0.25, -0.2) is 4.39 Å². The molecule has 0 heterocycles. The maximum Gasteiger partial charge on any atom is 0.128 e. The first kappa shape index (κ1) is 13.9. The Kier molecular flexibility index (Phi) is 5.51. The van der Waals surface area contributed by atoms with Crippen LogP contribution in [0.4, 0.5) is 4.39 Å². The van der Waals surface area contributed by atoms with Crippen molar-refractivity contribution >= 4 is 11.8 Å². The number of hydrogen-bond donors (Lipinski definition) is 1. The van der Waals surface area contributed by atoms with Gasteiger partial charge in [-0.2, -0.15) is 11.8 Å². The van der Waals surface area contributed by atoms with E-state index in [-0.39, 0.29) is 11.9 Å². The van der Waals surface area contributed by atoms with Crippen LogP contribution in [0.5, 0.6) is 0 Å². The molecule has 0 aromatic heterocycles. The molecular formula is C15H22FNS. The highest BCUT2D eigenvalue weighted by molar-refractivity contribution is 7.99. The van der Waals surface area contributed by atoms with Crippen molar-refractivity contribution in [3.8, 4) is 0 Å². The Morgan fingerprint density at radius 3 is 2.72 bits per heavy atom. The van der Waals surface area contributed by atoms with E-state index in [2.05, 4.69) is 12.2 Å². The second-order valence-electron chi connectivity index (χ2n) is 4.87. The molecule has 1 aliphatic rings. The van der Waals surface area contributed by atoms with Gasteiger partial charge in [-0.3, -0.25) is 0 Å². The first-order chi connectivity index (χ1) is 8.81. The van der Waals surface area contributed by atoms with Crippen molar-refractivity contribution in [3.05, 3.63) is 35.6 Å². The van der Waals surface area contributed by atoms with E-state index < -0.39 is 0 Å². The van der Waals surface area contributed by atoms with Gasteiger partial charge in [-0.15, -0.1) is 0 Å². The maximum absolute atomic E-state index is 13.8. The number of halogens is 1. The third kappa shape index (κ3) is 3.72.